The number of carbonyl (C=O) groups is 1. The third kappa shape index (κ3) is 3.13. The molecule has 0 aliphatic heterocycles. The molecule has 0 unspecified atom stereocenters. The first-order valence-corrected chi connectivity index (χ1v) is 7.36. The number of nitrogens with zero attached hydrogens (tertiary/aromatic N) is 2. The van der Waals surface area contributed by atoms with Gasteiger partial charge in [-0.15, -0.1) is 0 Å². The molecule has 1 aromatic heterocycles. The molecule has 112 valence electrons. The number of hydrazine groups is 1. The molecular weight excluding hydrogens is 264 g/mol. The van der Waals surface area contributed by atoms with E-state index < -0.39 is 0 Å². The summed E-state index contributed by atoms with van der Waals surface area (Å²) in [5.74, 6) is 6.09. The Morgan fingerprint density at radius 2 is 2.00 bits per heavy atom. The number of unbranched alkanes of at least 4 members (excludes halogenated alkanes) is 1. The van der Waals surface area contributed by atoms with Gasteiger partial charge in [-0.05, 0) is 18.7 Å². The summed E-state index contributed by atoms with van der Waals surface area (Å²) in [6.45, 7) is 5.59. The normalized spacial score (nSPS) is 10.6. The molecule has 0 bridgehead atoms. The van der Waals surface area contributed by atoms with E-state index in [0.717, 1.165) is 30.2 Å². The quantitative estimate of drug-likeness (QED) is 0.632. The summed E-state index contributed by atoms with van der Waals surface area (Å²) >= 11 is 0. The van der Waals surface area contributed by atoms with Crippen LogP contribution in [0.5, 0.6) is 0 Å². The van der Waals surface area contributed by atoms with Gasteiger partial charge in [0.1, 0.15) is 5.82 Å². The second-order valence-corrected chi connectivity index (χ2v) is 4.95. The number of carbonyl (C=O) groups excluding carboxylic acids is 1. The highest BCUT2D eigenvalue weighted by atomic mass is 16.2. The van der Waals surface area contributed by atoms with E-state index in [2.05, 4.69) is 17.3 Å². The third-order valence-electron chi connectivity index (χ3n) is 3.61. The highest BCUT2D eigenvalue weighted by molar-refractivity contribution is 6.09. The van der Waals surface area contributed by atoms with Gasteiger partial charge in [0.15, 0.2) is 0 Å². The number of benzene rings is 1. The van der Waals surface area contributed by atoms with Gasteiger partial charge in [-0.2, -0.15) is 0 Å². The van der Waals surface area contributed by atoms with E-state index in [9.17, 15) is 4.79 Å². The summed E-state index contributed by atoms with van der Waals surface area (Å²) in [5.41, 5.74) is 3.20. The summed E-state index contributed by atoms with van der Waals surface area (Å²) in [4.78, 5) is 18.9. The number of nitrogen functional groups attached to an aromatic ring is 1. The molecule has 2 rings (SSSR count). The van der Waals surface area contributed by atoms with Gasteiger partial charge in [-0.1, -0.05) is 37.6 Å². The maximum absolute atomic E-state index is 12.7. The molecule has 1 heterocycles. The lowest BCUT2D eigenvalue weighted by molar-refractivity contribution is 0.0764. The van der Waals surface area contributed by atoms with Crippen LogP contribution in [0.2, 0.25) is 0 Å². The topological polar surface area (TPSA) is 71.2 Å². The summed E-state index contributed by atoms with van der Waals surface area (Å²) in [7, 11) is 0. The average Bonchev–Trinajstić information content (AvgIpc) is 2.54. The summed E-state index contributed by atoms with van der Waals surface area (Å²) in [6.07, 6.45) is 3.68. The van der Waals surface area contributed by atoms with E-state index in [1.807, 2.05) is 36.1 Å². The molecule has 0 atom stereocenters. The van der Waals surface area contributed by atoms with Crippen LogP contribution in [-0.2, 0) is 0 Å². The van der Waals surface area contributed by atoms with E-state index >= 15 is 0 Å². The zero-order valence-electron chi connectivity index (χ0n) is 12.6. The first-order valence-electron chi connectivity index (χ1n) is 7.36. The largest absolute Gasteiger partial charge is 0.339 e. The molecule has 1 aromatic carbocycles. The lowest BCUT2D eigenvalue weighted by Gasteiger charge is -2.21. The van der Waals surface area contributed by atoms with Gasteiger partial charge in [-0.25, -0.2) is 10.8 Å². The van der Waals surface area contributed by atoms with Crippen LogP contribution >= 0.6 is 0 Å². The first kappa shape index (κ1) is 15.3. The molecule has 0 spiro atoms. The summed E-state index contributed by atoms with van der Waals surface area (Å²) in [6, 6.07) is 7.67. The maximum atomic E-state index is 12.7. The maximum Gasteiger partial charge on any atom is 0.256 e. The van der Waals surface area contributed by atoms with Crippen LogP contribution in [-0.4, -0.2) is 28.9 Å². The SMILES string of the molecule is CCCCN(CC)C(=O)c1cnc(NN)c2ccccc12. The van der Waals surface area contributed by atoms with E-state index in [-0.39, 0.29) is 5.91 Å². The number of anilines is 1. The predicted molar refractivity (Wildman–Crippen MR) is 86.0 cm³/mol. The number of rotatable bonds is 6. The van der Waals surface area contributed by atoms with Crippen molar-refractivity contribution in [3.8, 4) is 0 Å². The molecule has 1 amide bonds. The summed E-state index contributed by atoms with van der Waals surface area (Å²) < 4.78 is 0. The van der Waals surface area contributed by atoms with Gasteiger partial charge in [0.25, 0.3) is 5.91 Å². The van der Waals surface area contributed by atoms with E-state index in [1.54, 1.807) is 6.20 Å². The van der Waals surface area contributed by atoms with E-state index in [0.29, 0.717) is 17.9 Å². The van der Waals surface area contributed by atoms with Crippen LogP contribution in [0.4, 0.5) is 5.82 Å². The Morgan fingerprint density at radius 1 is 1.29 bits per heavy atom. The lowest BCUT2D eigenvalue weighted by atomic mass is 10.1. The molecule has 0 saturated carbocycles. The van der Waals surface area contributed by atoms with Crippen LogP contribution < -0.4 is 11.3 Å². The molecule has 2 aromatic rings. The molecule has 0 saturated heterocycles. The third-order valence-corrected chi connectivity index (χ3v) is 3.61. The first-order chi connectivity index (χ1) is 10.2. The Morgan fingerprint density at radius 3 is 2.62 bits per heavy atom. The van der Waals surface area contributed by atoms with Crippen molar-refractivity contribution in [2.24, 2.45) is 5.84 Å². The lowest BCUT2D eigenvalue weighted by Crippen LogP contribution is -2.32. The fraction of sp³-hybridized carbons (Fsp3) is 0.375. The van der Waals surface area contributed by atoms with Crippen molar-refractivity contribution in [1.29, 1.82) is 0 Å². The minimum absolute atomic E-state index is 0.0261. The number of nitrogens with two attached hydrogens (primary N) is 1. The number of hydrogen-bond donors (Lipinski definition) is 2. The summed E-state index contributed by atoms with van der Waals surface area (Å²) in [5, 5.41) is 1.73. The Kier molecular flexibility index (Phi) is 5.11. The number of aromatic nitrogens is 1. The van der Waals surface area contributed by atoms with Gasteiger partial charge in [0, 0.05) is 24.7 Å². The minimum atomic E-state index is 0.0261. The minimum Gasteiger partial charge on any atom is -0.339 e. The standard InChI is InChI=1S/C16H22N4O/c1-3-5-10-20(4-2)16(21)14-11-18-15(19-17)13-9-7-6-8-12(13)14/h6-9,11H,3-5,10,17H2,1-2H3,(H,18,19). The van der Waals surface area contributed by atoms with E-state index in [1.165, 1.54) is 0 Å². The average molecular weight is 286 g/mol. The van der Waals surface area contributed by atoms with Gasteiger partial charge >= 0.3 is 0 Å². The zero-order chi connectivity index (χ0) is 15.2. The van der Waals surface area contributed by atoms with Crippen LogP contribution in [0.15, 0.2) is 30.5 Å². The van der Waals surface area contributed by atoms with E-state index in [4.69, 9.17) is 5.84 Å². The van der Waals surface area contributed by atoms with Crippen LogP contribution in [0.25, 0.3) is 10.8 Å². The monoisotopic (exact) mass is 286 g/mol. The Balaban J connectivity index is 2.44. The highest BCUT2D eigenvalue weighted by Crippen LogP contribution is 2.24. The van der Waals surface area contributed by atoms with Crippen molar-refractivity contribution in [3.05, 3.63) is 36.0 Å². The van der Waals surface area contributed by atoms with Crippen molar-refractivity contribution < 1.29 is 4.79 Å². The molecule has 3 N–H and O–H groups in total. The Hall–Kier alpha value is -2.14. The highest BCUT2D eigenvalue weighted by Gasteiger charge is 2.18. The Labute approximate surface area is 125 Å². The van der Waals surface area contributed by atoms with Crippen LogP contribution in [0.3, 0.4) is 0 Å². The second kappa shape index (κ2) is 7.04. The molecule has 5 heteroatoms. The zero-order valence-corrected chi connectivity index (χ0v) is 12.6. The molecule has 5 nitrogen and oxygen atoms in total. The number of fused-ring (bicyclic) bond motifs is 1. The van der Waals surface area contributed by atoms with Crippen molar-refractivity contribution in [3.63, 3.8) is 0 Å². The van der Waals surface area contributed by atoms with Crippen LogP contribution in [0.1, 0.15) is 37.0 Å². The van der Waals surface area contributed by atoms with Crippen molar-refractivity contribution in [1.82, 2.24) is 9.88 Å². The number of nitrogens with one attached hydrogen (secondary N) is 1. The van der Waals surface area contributed by atoms with Crippen molar-refractivity contribution >= 4 is 22.5 Å². The van der Waals surface area contributed by atoms with Crippen LogP contribution in [0, 0.1) is 0 Å². The van der Waals surface area contributed by atoms with Gasteiger partial charge in [0.2, 0.25) is 0 Å². The van der Waals surface area contributed by atoms with Crippen molar-refractivity contribution in [2.45, 2.75) is 26.7 Å². The smallest absolute Gasteiger partial charge is 0.256 e. The molecule has 21 heavy (non-hydrogen) atoms. The molecule has 0 aliphatic rings. The predicted octanol–water partition coefficient (Wildman–Crippen LogP) is 2.78. The molecule has 0 fully saturated rings. The van der Waals surface area contributed by atoms with Gasteiger partial charge in [0.05, 0.1) is 5.56 Å². The Bertz CT molecular complexity index is 627. The number of hydrogen-bond acceptors (Lipinski definition) is 4. The fourth-order valence-electron chi connectivity index (χ4n) is 2.40. The second-order valence-electron chi connectivity index (χ2n) is 4.95. The molecular formula is C16H22N4O. The van der Waals surface area contributed by atoms with Crippen molar-refractivity contribution in [2.75, 3.05) is 18.5 Å². The molecule has 0 radical (unpaired) electrons. The number of pyridine rings is 1. The van der Waals surface area contributed by atoms with Gasteiger partial charge < -0.3 is 10.3 Å². The van der Waals surface area contributed by atoms with Gasteiger partial charge in [-0.3, -0.25) is 4.79 Å². The fourth-order valence-corrected chi connectivity index (χ4v) is 2.40. The molecule has 0 aliphatic carbocycles. The number of amides is 1.